The van der Waals surface area contributed by atoms with Crippen LogP contribution in [0.25, 0.3) is 0 Å². The maximum absolute atomic E-state index is 11.6. The molecule has 0 radical (unpaired) electrons. The van der Waals surface area contributed by atoms with Gasteiger partial charge in [-0.3, -0.25) is 4.79 Å². The van der Waals surface area contributed by atoms with Crippen LogP contribution in [-0.2, 0) is 4.79 Å². The lowest BCUT2D eigenvalue weighted by Gasteiger charge is -2.31. The molecule has 0 atom stereocenters. The van der Waals surface area contributed by atoms with Crippen molar-refractivity contribution in [3.05, 3.63) is 0 Å². The van der Waals surface area contributed by atoms with Gasteiger partial charge in [-0.25, -0.2) is 0 Å². The molecule has 1 fully saturated rings. The minimum absolute atomic E-state index is 0.128. The minimum Gasteiger partial charge on any atom is -0.352 e. The first kappa shape index (κ1) is 13.5. The second-order valence-electron chi connectivity index (χ2n) is 4.81. The maximum Gasteiger partial charge on any atom is 0.234 e. The van der Waals surface area contributed by atoms with Gasteiger partial charge < -0.3 is 15.5 Å². The lowest BCUT2D eigenvalue weighted by molar-refractivity contribution is -0.121. The number of likely N-dealkylation sites (tertiary alicyclic amines) is 1. The van der Waals surface area contributed by atoms with Crippen LogP contribution >= 0.6 is 0 Å². The molecule has 16 heavy (non-hydrogen) atoms. The number of nitrogens with one attached hydrogen (secondary N) is 2. The Hall–Kier alpha value is -0.610. The Balaban J connectivity index is 2.15. The van der Waals surface area contributed by atoms with Crippen molar-refractivity contribution >= 4 is 5.91 Å². The van der Waals surface area contributed by atoms with Crippen molar-refractivity contribution in [2.24, 2.45) is 0 Å². The zero-order valence-corrected chi connectivity index (χ0v) is 10.8. The molecule has 1 aliphatic heterocycles. The highest BCUT2D eigenvalue weighted by molar-refractivity contribution is 5.78. The Morgan fingerprint density at radius 1 is 1.38 bits per heavy atom. The summed E-state index contributed by atoms with van der Waals surface area (Å²) in [6.07, 6.45) is 2.17. The van der Waals surface area contributed by atoms with Crippen LogP contribution < -0.4 is 10.6 Å². The maximum atomic E-state index is 11.6. The topological polar surface area (TPSA) is 44.4 Å². The van der Waals surface area contributed by atoms with E-state index in [4.69, 9.17) is 0 Å². The molecule has 0 aliphatic carbocycles. The molecule has 4 nitrogen and oxygen atoms in total. The summed E-state index contributed by atoms with van der Waals surface area (Å²) in [4.78, 5) is 14.0. The minimum atomic E-state index is 0.128. The fraction of sp³-hybridized carbons (Fsp3) is 0.917. The monoisotopic (exact) mass is 227 g/mol. The zero-order chi connectivity index (χ0) is 12.0. The first-order valence-electron chi connectivity index (χ1n) is 6.37. The van der Waals surface area contributed by atoms with Gasteiger partial charge in [0, 0.05) is 25.2 Å². The van der Waals surface area contributed by atoms with Crippen molar-refractivity contribution < 1.29 is 4.79 Å². The summed E-state index contributed by atoms with van der Waals surface area (Å²) in [7, 11) is 0. The third-order valence-electron chi connectivity index (χ3n) is 3.07. The smallest absolute Gasteiger partial charge is 0.234 e. The lowest BCUT2D eigenvalue weighted by atomic mass is 10.1. The molecule has 0 aromatic rings. The summed E-state index contributed by atoms with van der Waals surface area (Å²) in [5, 5.41) is 6.22. The molecule has 0 unspecified atom stereocenters. The number of hydrogen-bond acceptors (Lipinski definition) is 3. The van der Waals surface area contributed by atoms with E-state index in [-0.39, 0.29) is 5.91 Å². The Morgan fingerprint density at radius 2 is 2.00 bits per heavy atom. The summed E-state index contributed by atoms with van der Waals surface area (Å²) in [6.45, 7) is 10.1. The summed E-state index contributed by atoms with van der Waals surface area (Å²) in [5.41, 5.74) is 0. The third-order valence-corrected chi connectivity index (χ3v) is 3.07. The molecule has 1 heterocycles. The number of hydrogen-bond donors (Lipinski definition) is 2. The molecule has 1 saturated heterocycles. The van der Waals surface area contributed by atoms with Gasteiger partial charge >= 0.3 is 0 Å². The van der Waals surface area contributed by atoms with Gasteiger partial charge in [-0.05, 0) is 19.4 Å². The van der Waals surface area contributed by atoms with Gasteiger partial charge in [0.2, 0.25) is 5.91 Å². The average Bonchev–Trinajstić information content (AvgIpc) is 2.27. The van der Waals surface area contributed by atoms with Crippen molar-refractivity contribution in [3.8, 4) is 0 Å². The predicted molar refractivity (Wildman–Crippen MR) is 66.4 cm³/mol. The van der Waals surface area contributed by atoms with Crippen LogP contribution in [0, 0.1) is 0 Å². The lowest BCUT2D eigenvalue weighted by Crippen LogP contribution is -2.47. The molecule has 0 aromatic carbocycles. The van der Waals surface area contributed by atoms with Gasteiger partial charge in [0.15, 0.2) is 0 Å². The van der Waals surface area contributed by atoms with E-state index in [0.29, 0.717) is 18.6 Å². The van der Waals surface area contributed by atoms with Crippen molar-refractivity contribution in [3.63, 3.8) is 0 Å². The molecule has 1 rings (SSSR count). The van der Waals surface area contributed by atoms with Gasteiger partial charge in [0.25, 0.3) is 0 Å². The first-order chi connectivity index (χ1) is 7.61. The second-order valence-corrected chi connectivity index (χ2v) is 4.81. The molecule has 4 heteroatoms. The SMILES string of the molecule is CCN1CCC(NC(=O)CNC(C)C)CC1. The van der Waals surface area contributed by atoms with E-state index in [1.165, 1.54) is 0 Å². The molecule has 1 aliphatic rings. The van der Waals surface area contributed by atoms with Crippen LogP contribution in [0.3, 0.4) is 0 Å². The largest absolute Gasteiger partial charge is 0.352 e. The van der Waals surface area contributed by atoms with E-state index in [1.54, 1.807) is 0 Å². The Labute approximate surface area is 98.8 Å². The van der Waals surface area contributed by atoms with E-state index in [2.05, 4.69) is 22.5 Å². The summed E-state index contributed by atoms with van der Waals surface area (Å²) >= 11 is 0. The van der Waals surface area contributed by atoms with E-state index >= 15 is 0 Å². The first-order valence-corrected chi connectivity index (χ1v) is 6.37. The standard InChI is InChI=1S/C12H25N3O/c1-4-15-7-5-11(6-8-15)14-12(16)9-13-10(2)3/h10-11,13H,4-9H2,1-3H3,(H,14,16). The Kier molecular flexibility index (Phi) is 5.77. The quantitative estimate of drug-likeness (QED) is 0.722. The zero-order valence-electron chi connectivity index (χ0n) is 10.8. The molecule has 0 aromatic heterocycles. The summed E-state index contributed by atoms with van der Waals surface area (Å²) in [6, 6.07) is 0.747. The van der Waals surface area contributed by atoms with Gasteiger partial charge in [0.1, 0.15) is 0 Å². The van der Waals surface area contributed by atoms with Gasteiger partial charge in [-0.15, -0.1) is 0 Å². The van der Waals surface area contributed by atoms with Gasteiger partial charge in [-0.1, -0.05) is 20.8 Å². The Morgan fingerprint density at radius 3 is 2.50 bits per heavy atom. The highest BCUT2D eigenvalue weighted by atomic mass is 16.1. The van der Waals surface area contributed by atoms with E-state index in [1.807, 2.05) is 13.8 Å². The van der Waals surface area contributed by atoms with E-state index < -0.39 is 0 Å². The second kappa shape index (κ2) is 6.86. The predicted octanol–water partition coefficient (Wildman–Crippen LogP) is 0.585. The molecule has 0 bridgehead atoms. The summed E-state index contributed by atoms with van der Waals surface area (Å²) < 4.78 is 0. The number of nitrogens with zero attached hydrogens (tertiary/aromatic N) is 1. The van der Waals surface area contributed by atoms with Crippen molar-refractivity contribution in [1.29, 1.82) is 0 Å². The number of piperidine rings is 1. The summed E-state index contributed by atoms with van der Waals surface area (Å²) in [5.74, 6) is 0.128. The van der Waals surface area contributed by atoms with Gasteiger partial charge in [-0.2, -0.15) is 0 Å². The van der Waals surface area contributed by atoms with Crippen LogP contribution in [0.1, 0.15) is 33.6 Å². The van der Waals surface area contributed by atoms with Crippen LogP contribution in [0.5, 0.6) is 0 Å². The third kappa shape index (κ3) is 4.94. The number of amides is 1. The molecular formula is C12H25N3O. The van der Waals surface area contributed by atoms with E-state index in [0.717, 1.165) is 32.5 Å². The van der Waals surface area contributed by atoms with Crippen LogP contribution in [0.2, 0.25) is 0 Å². The van der Waals surface area contributed by atoms with Crippen LogP contribution in [0.4, 0.5) is 0 Å². The van der Waals surface area contributed by atoms with Crippen LogP contribution in [-0.4, -0.2) is 49.1 Å². The fourth-order valence-corrected chi connectivity index (χ4v) is 1.97. The molecule has 94 valence electrons. The normalized spacial score (nSPS) is 19.0. The van der Waals surface area contributed by atoms with Crippen molar-refractivity contribution in [2.75, 3.05) is 26.2 Å². The molecule has 0 spiro atoms. The number of rotatable bonds is 5. The molecule has 0 saturated carbocycles. The van der Waals surface area contributed by atoms with Crippen molar-refractivity contribution in [2.45, 2.75) is 45.7 Å². The highest BCUT2D eigenvalue weighted by Crippen LogP contribution is 2.09. The molecule has 2 N–H and O–H groups in total. The number of carbonyl (C=O) groups excluding carboxylic acids is 1. The number of carbonyl (C=O) groups is 1. The highest BCUT2D eigenvalue weighted by Gasteiger charge is 2.19. The van der Waals surface area contributed by atoms with Crippen LogP contribution in [0.15, 0.2) is 0 Å². The van der Waals surface area contributed by atoms with E-state index in [9.17, 15) is 4.79 Å². The van der Waals surface area contributed by atoms with Gasteiger partial charge in [0.05, 0.1) is 6.54 Å². The molecule has 1 amide bonds. The van der Waals surface area contributed by atoms with Crippen molar-refractivity contribution in [1.82, 2.24) is 15.5 Å². The fourth-order valence-electron chi connectivity index (χ4n) is 1.97. The molecular weight excluding hydrogens is 202 g/mol. The average molecular weight is 227 g/mol. The Bertz CT molecular complexity index is 210.